The van der Waals surface area contributed by atoms with E-state index in [1.165, 1.54) is 17.8 Å². The van der Waals surface area contributed by atoms with Gasteiger partial charge in [-0.05, 0) is 17.9 Å². The van der Waals surface area contributed by atoms with Crippen molar-refractivity contribution in [1.29, 1.82) is 0 Å². The molecule has 76 valence electrons. The minimum atomic E-state index is -0.756. The Morgan fingerprint density at radius 3 is 2.93 bits per heavy atom. The highest BCUT2D eigenvalue weighted by molar-refractivity contribution is 7.99. The number of thioether (sulfide) groups is 1. The number of nitrogens with two attached hydrogens (primary N) is 1. The zero-order chi connectivity index (χ0) is 10.6. The van der Waals surface area contributed by atoms with Gasteiger partial charge in [-0.25, -0.2) is 9.18 Å². The molecule has 0 saturated carbocycles. The molecule has 0 fully saturated rings. The molecule has 1 aromatic rings. The number of para-hydroxylation sites is 1. The number of anilines is 1. The monoisotopic (exact) mass is 214 g/mol. The fourth-order valence-electron chi connectivity index (χ4n) is 1.02. The Balaban J connectivity index is 3.02. The molecular formula is C9H11FN2OS. The highest BCUT2D eigenvalue weighted by Crippen LogP contribution is 2.29. The molecule has 3 N–H and O–H groups in total. The van der Waals surface area contributed by atoms with E-state index in [1.807, 2.05) is 6.92 Å². The number of amides is 2. The number of carbonyl (C=O) groups is 1. The van der Waals surface area contributed by atoms with Gasteiger partial charge in [-0.1, -0.05) is 13.0 Å². The summed E-state index contributed by atoms with van der Waals surface area (Å²) >= 11 is 1.45. The molecule has 0 bridgehead atoms. The first kappa shape index (κ1) is 10.8. The van der Waals surface area contributed by atoms with Crippen molar-refractivity contribution >= 4 is 23.5 Å². The minimum Gasteiger partial charge on any atom is -0.351 e. The van der Waals surface area contributed by atoms with Gasteiger partial charge < -0.3 is 11.1 Å². The van der Waals surface area contributed by atoms with Crippen LogP contribution in [-0.2, 0) is 0 Å². The van der Waals surface area contributed by atoms with Crippen LogP contribution in [0.3, 0.4) is 0 Å². The number of halogens is 1. The Morgan fingerprint density at radius 1 is 1.64 bits per heavy atom. The third kappa shape index (κ3) is 2.63. The Bertz CT molecular complexity index is 344. The number of urea groups is 1. The van der Waals surface area contributed by atoms with Gasteiger partial charge in [0, 0.05) is 4.90 Å². The van der Waals surface area contributed by atoms with Crippen LogP contribution in [0.15, 0.2) is 23.1 Å². The Labute approximate surface area is 85.9 Å². The molecule has 0 spiro atoms. The molecule has 5 heteroatoms. The van der Waals surface area contributed by atoms with Gasteiger partial charge in [-0.3, -0.25) is 0 Å². The maximum Gasteiger partial charge on any atom is 0.316 e. The van der Waals surface area contributed by atoms with Crippen molar-refractivity contribution in [3.8, 4) is 0 Å². The van der Waals surface area contributed by atoms with Crippen LogP contribution in [0.1, 0.15) is 6.92 Å². The molecule has 3 nitrogen and oxygen atoms in total. The molecule has 2 amide bonds. The Morgan fingerprint density at radius 2 is 2.36 bits per heavy atom. The number of hydrogen-bond acceptors (Lipinski definition) is 2. The van der Waals surface area contributed by atoms with Crippen LogP contribution in [0.5, 0.6) is 0 Å². The first-order chi connectivity index (χ1) is 6.65. The average Bonchev–Trinajstić information content (AvgIpc) is 2.11. The topological polar surface area (TPSA) is 55.1 Å². The molecule has 1 rings (SSSR count). The molecular weight excluding hydrogens is 203 g/mol. The molecule has 14 heavy (non-hydrogen) atoms. The van der Waals surface area contributed by atoms with Gasteiger partial charge in [0.1, 0.15) is 5.82 Å². The van der Waals surface area contributed by atoms with Crippen LogP contribution >= 0.6 is 11.8 Å². The number of hydrogen-bond donors (Lipinski definition) is 2. The third-order valence-electron chi connectivity index (χ3n) is 1.52. The van der Waals surface area contributed by atoms with Gasteiger partial charge >= 0.3 is 6.03 Å². The summed E-state index contributed by atoms with van der Waals surface area (Å²) in [4.78, 5) is 11.3. The lowest BCUT2D eigenvalue weighted by Crippen LogP contribution is -2.20. The predicted octanol–water partition coefficient (Wildman–Crippen LogP) is 2.43. The van der Waals surface area contributed by atoms with Crippen molar-refractivity contribution in [1.82, 2.24) is 0 Å². The SMILES string of the molecule is CCSc1cccc(F)c1NC(N)=O. The van der Waals surface area contributed by atoms with Crippen molar-refractivity contribution < 1.29 is 9.18 Å². The first-order valence-corrected chi connectivity index (χ1v) is 5.11. The van der Waals surface area contributed by atoms with Gasteiger partial charge in [-0.15, -0.1) is 11.8 Å². The smallest absolute Gasteiger partial charge is 0.316 e. The van der Waals surface area contributed by atoms with E-state index in [2.05, 4.69) is 5.32 Å². The van der Waals surface area contributed by atoms with Gasteiger partial charge in [0.05, 0.1) is 5.69 Å². The van der Waals surface area contributed by atoms with Crippen LogP contribution in [0.2, 0.25) is 0 Å². The maximum atomic E-state index is 13.3. The van der Waals surface area contributed by atoms with Gasteiger partial charge in [0.25, 0.3) is 0 Å². The molecule has 0 aliphatic rings. The number of benzene rings is 1. The van der Waals surface area contributed by atoms with Crippen LogP contribution in [-0.4, -0.2) is 11.8 Å². The highest BCUT2D eigenvalue weighted by Gasteiger charge is 2.09. The average molecular weight is 214 g/mol. The standard InChI is InChI=1S/C9H11FN2OS/c1-2-14-7-5-3-4-6(10)8(7)12-9(11)13/h3-5H,2H2,1H3,(H3,11,12,13). The van der Waals surface area contributed by atoms with Gasteiger partial charge in [-0.2, -0.15) is 0 Å². The second kappa shape index (κ2) is 4.85. The fraction of sp³-hybridized carbons (Fsp3) is 0.222. The maximum absolute atomic E-state index is 13.3. The normalized spacial score (nSPS) is 9.86. The Kier molecular flexibility index (Phi) is 3.76. The van der Waals surface area contributed by atoms with Crippen LogP contribution in [0, 0.1) is 5.82 Å². The van der Waals surface area contributed by atoms with Crippen molar-refractivity contribution in [3.63, 3.8) is 0 Å². The summed E-state index contributed by atoms with van der Waals surface area (Å²) in [7, 11) is 0. The first-order valence-electron chi connectivity index (χ1n) is 4.13. The molecule has 1 aromatic carbocycles. The van der Waals surface area contributed by atoms with Crippen LogP contribution < -0.4 is 11.1 Å². The molecule has 0 heterocycles. The number of carbonyl (C=O) groups excluding carboxylic acids is 1. The second-order valence-corrected chi connectivity index (χ2v) is 3.84. The third-order valence-corrected chi connectivity index (χ3v) is 2.46. The van der Waals surface area contributed by atoms with E-state index in [9.17, 15) is 9.18 Å². The number of primary amides is 1. The highest BCUT2D eigenvalue weighted by atomic mass is 32.2. The summed E-state index contributed by atoms with van der Waals surface area (Å²) in [6, 6.07) is 3.86. The zero-order valence-electron chi connectivity index (χ0n) is 7.71. The number of nitrogens with one attached hydrogen (secondary N) is 1. The molecule has 0 aromatic heterocycles. The summed E-state index contributed by atoms with van der Waals surface area (Å²) in [5.41, 5.74) is 5.09. The van der Waals surface area contributed by atoms with Crippen LogP contribution in [0.4, 0.5) is 14.9 Å². The summed E-state index contributed by atoms with van der Waals surface area (Å²) in [5.74, 6) is 0.332. The van der Waals surface area contributed by atoms with E-state index in [1.54, 1.807) is 12.1 Å². The summed E-state index contributed by atoms with van der Waals surface area (Å²) in [6.07, 6.45) is 0. The second-order valence-electron chi connectivity index (χ2n) is 2.54. The fourth-order valence-corrected chi connectivity index (χ4v) is 1.80. The number of rotatable bonds is 3. The molecule has 0 aliphatic heterocycles. The molecule has 0 radical (unpaired) electrons. The largest absolute Gasteiger partial charge is 0.351 e. The summed E-state index contributed by atoms with van der Waals surface area (Å²) < 4.78 is 13.3. The molecule has 0 saturated heterocycles. The predicted molar refractivity (Wildman–Crippen MR) is 56.0 cm³/mol. The van der Waals surface area contributed by atoms with E-state index >= 15 is 0 Å². The zero-order valence-corrected chi connectivity index (χ0v) is 8.53. The van der Waals surface area contributed by atoms with Crippen molar-refractivity contribution in [2.45, 2.75) is 11.8 Å². The molecule has 0 unspecified atom stereocenters. The Hall–Kier alpha value is -1.23. The molecule has 0 aliphatic carbocycles. The van der Waals surface area contributed by atoms with Gasteiger partial charge in [0.2, 0.25) is 0 Å². The van der Waals surface area contributed by atoms with E-state index in [4.69, 9.17) is 5.73 Å². The van der Waals surface area contributed by atoms with E-state index < -0.39 is 11.8 Å². The summed E-state index contributed by atoms with van der Waals surface area (Å²) in [6.45, 7) is 1.95. The molecule has 0 atom stereocenters. The lowest BCUT2D eigenvalue weighted by molar-refractivity contribution is 0.259. The van der Waals surface area contributed by atoms with Gasteiger partial charge in [0.15, 0.2) is 0 Å². The summed E-state index contributed by atoms with van der Waals surface area (Å²) in [5, 5.41) is 2.27. The van der Waals surface area contributed by atoms with Crippen molar-refractivity contribution in [2.24, 2.45) is 5.73 Å². The van der Waals surface area contributed by atoms with E-state index in [0.717, 1.165) is 5.75 Å². The quantitative estimate of drug-likeness (QED) is 0.759. The van der Waals surface area contributed by atoms with Crippen LogP contribution in [0.25, 0.3) is 0 Å². The lowest BCUT2D eigenvalue weighted by Gasteiger charge is -2.08. The van der Waals surface area contributed by atoms with E-state index in [-0.39, 0.29) is 5.69 Å². The van der Waals surface area contributed by atoms with Crippen molar-refractivity contribution in [3.05, 3.63) is 24.0 Å². The lowest BCUT2D eigenvalue weighted by atomic mass is 10.3. The van der Waals surface area contributed by atoms with Crippen molar-refractivity contribution in [2.75, 3.05) is 11.1 Å². The van der Waals surface area contributed by atoms with E-state index in [0.29, 0.717) is 4.90 Å². The minimum absolute atomic E-state index is 0.159.